The number of aryl methyl sites for hydroxylation is 2. The van der Waals surface area contributed by atoms with Crippen molar-refractivity contribution in [3.63, 3.8) is 0 Å². The summed E-state index contributed by atoms with van der Waals surface area (Å²) in [6.07, 6.45) is 0. The average molecular weight is 355 g/mol. The van der Waals surface area contributed by atoms with Gasteiger partial charge in [0, 0.05) is 21.8 Å². The Morgan fingerprint density at radius 3 is 2.19 bits per heavy atom. The second-order valence-electron chi connectivity index (χ2n) is 6.97. The van der Waals surface area contributed by atoms with Gasteiger partial charge in [-0.2, -0.15) is 0 Å². The third-order valence-electron chi connectivity index (χ3n) is 5.26. The Morgan fingerprint density at radius 1 is 0.741 bits per heavy atom. The highest BCUT2D eigenvalue weighted by atomic mass is 16.2. The van der Waals surface area contributed by atoms with Gasteiger partial charge >= 0.3 is 0 Å². The minimum atomic E-state index is -0.290. The summed E-state index contributed by atoms with van der Waals surface area (Å²) in [5.74, 6) is 0. The van der Waals surface area contributed by atoms with Gasteiger partial charge in [0.25, 0.3) is 11.1 Å². The normalized spacial score (nSPS) is 11.6. The number of aromatic amines is 2. The van der Waals surface area contributed by atoms with Gasteiger partial charge in [0.05, 0.1) is 16.5 Å². The first-order chi connectivity index (χ1) is 13.0. The largest absolute Gasteiger partial charge is 0.354 e. The molecule has 0 radical (unpaired) electrons. The van der Waals surface area contributed by atoms with Crippen LogP contribution in [0.25, 0.3) is 38.3 Å². The molecule has 0 fully saturated rings. The molecule has 5 rings (SSSR count). The van der Waals surface area contributed by atoms with Crippen molar-refractivity contribution in [2.45, 2.75) is 13.8 Å². The predicted molar refractivity (Wildman–Crippen MR) is 109 cm³/mol. The zero-order chi connectivity index (χ0) is 18.7. The molecular weight excluding hydrogens is 338 g/mol. The summed E-state index contributed by atoms with van der Waals surface area (Å²) in [5.41, 5.74) is 4.34. The van der Waals surface area contributed by atoms with E-state index in [9.17, 15) is 9.59 Å². The molecule has 2 aromatic heterocycles. The maximum absolute atomic E-state index is 13.1. The number of rotatable bonds is 1. The Labute approximate surface area is 153 Å². The Kier molecular flexibility index (Phi) is 3.15. The Morgan fingerprint density at radius 2 is 1.41 bits per heavy atom. The molecule has 5 nitrogen and oxygen atoms in total. The lowest BCUT2D eigenvalue weighted by Crippen LogP contribution is -2.28. The number of nitrogens with one attached hydrogen (secondary N) is 2. The van der Waals surface area contributed by atoms with Crippen LogP contribution >= 0.6 is 0 Å². The van der Waals surface area contributed by atoms with Crippen LogP contribution in [0, 0.1) is 13.8 Å². The number of para-hydroxylation sites is 1. The fourth-order valence-electron chi connectivity index (χ4n) is 3.67. The summed E-state index contributed by atoms with van der Waals surface area (Å²) in [6, 6.07) is 16.9. The Bertz CT molecular complexity index is 1470. The van der Waals surface area contributed by atoms with Crippen LogP contribution in [0.2, 0.25) is 0 Å². The van der Waals surface area contributed by atoms with E-state index in [1.807, 2.05) is 24.3 Å². The van der Waals surface area contributed by atoms with E-state index in [2.05, 4.69) is 36.1 Å². The standard InChI is InChI=1S/C22H17N3O2/c1-12-8-15-16-10-18-17(11-20(16)23-19(15)9-13(12)2)21(26)24-25(22(18)27)14-6-4-3-5-7-14/h3-11,23H,1-2H3,(H,24,26). The van der Waals surface area contributed by atoms with Crippen LogP contribution in [0.1, 0.15) is 11.1 Å². The summed E-state index contributed by atoms with van der Waals surface area (Å²) in [7, 11) is 0. The number of nitrogens with zero attached hydrogens (tertiary/aromatic N) is 1. The molecule has 5 heteroatoms. The van der Waals surface area contributed by atoms with Crippen LogP contribution in [0.15, 0.2) is 64.2 Å². The molecule has 5 aromatic rings. The summed E-state index contributed by atoms with van der Waals surface area (Å²) >= 11 is 0. The van der Waals surface area contributed by atoms with Crippen LogP contribution < -0.4 is 11.1 Å². The van der Waals surface area contributed by atoms with Crippen molar-refractivity contribution in [1.29, 1.82) is 0 Å². The summed E-state index contributed by atoms with van der Waals surface area (Å²) in [5, 5.41) is 5.49. The SMILES string of the molecule is Cc1cc2[nH]c3cc4c(=O)[nH]n(-c5ccccc5)c(=O)c4cc3c2cc1C. The summed E-state index contributed by atoms with van der Waals surface area (Å²) in [4.78, 5) is 29.1. The van der Waals surface area contributed by atoms with Gasteiger partial charge in [-0.05, 0) is 61.4 Å². The predicted octanol–water partition coefficient (Wildman–Crippen LogP) is 3.93. The lowest BCUT2D eigenvalue weighted by atomic mass is 10.0. The highest BCUT2D eigenvalue weighted by molar-refractivity contribution is 6.12. The molecule has 3 aromatic carbocycles. The van der Waals surface area contributed by atoms with Crippen LogP contribution in [0.3, 0.4) is 0 Å². The quantitative estimate of drug-likeness (QED) is 0.478. The van der Waals surface area contributed by atoms with E-state index in [0.29, 0.717) is 16.5 Å². The fourth-order valence-corrected chi connectivity index (χ4v) is 3.67. The zero-order valence-corrected chi connectivity index (χ0v) is 15.0. The third-order valence-corrected chi connectivity index (χ3v) is 5.26. The van der Waals surface area contributed by atoms with Gasteiger partial charge in [-0.15, -0.1) is 0 Å². The molecule has 0 spiro atoms. The van der Waals surface area contributed by atoms with Crippen molar-refractivity contribution < 1.29 is 0 Å². The fraction of sp³-hybridized carbons (Fsp3) is 0.0909. The molecule has 0 aliphatic rings. The molecule has 0 saturated carbocycles. The molecule has 0 bridgehead atoms. The average Bonchev–Trinajstić information content (AvgIpc) is 3.01. The highest BCUT2D eigenvalue weighted by Crippen LogP contribution is 2.29. The molecule has 2 N–H and O–H groups in total. The summed E-state index contributed by atoms with van der Waals surface area (Å²) in [6.45, 7) is 4.14. The molecule has 0 unspecified atom stereocenters. The van der Waals surface area contributed by atoms with Gasteiger partial charge in [-0.25, -0.2) is 4.68 Å². The van der Waals surface area contributed by atoms with Gasteiger partial charge in [0.15, 0.2) is 0 Å². The molecule has 0 aliphatic carbocycles. The number of fused-ring (bicyclic) bond motifs is 4. The Balaban J connectivity index is 1.93. The molecule has 27 heavy (non-hydrogen) atoms. The minimum Gasteiger partial charge on any atom is -0.354 e. The molecule has 132 valence electrons. The minimum absolute atomic E-state index is 0.240. The Hall–Kier alpha value is -3.60. The molecule has 0 amide bonds. The molecule has 0 atom stereocenters. The summed E-state index contributed by atoms with van der Waals surface area (Å²) < 4.78 is 1.31. The highest BCUT2D eigenvalue weighted by Gasteiger charge is 2.13. The van der Waals surface area contributed by atoms with Gasteiger partial charge in [0.1, 0.15) is 0 Å². The van der Waals surface area contributed by atoms with E-state index in [-0.39, 0.29) is 11.1 Å². The van der Waals surface area contributed by atoms with Gasteiger partial charge in [0.2, 0.25) is 0 Å². The van der Waals surface area contributed by atoms with Crippen molar-refractivity contribution in [2.75, 3.05) is 0 Å². The van der Waals surface area contributed by atoms with Crippen LogP contribution in [-0.4, -0.2) is 14.8 Å². The maximum Gasteiger partial charge on any atom is 0.277 e. The van der Waals surface area contributed by atoms with Gasteiger partial charge in [-0.3, -0.25) is 14.7 Å². The van der Waals surface area contributed by atoms with E-state index in [0.717, 1.165) is 21.8 Å². The second kappa shape index (κ2) is 5.45. The van der Waals surface area contributed by atoms with E-state index in [4.69, 9.17) is 0 Å². The van der Waals surface area contributed by atoms with Crippen molar-refractivity contribution in [3.05, 3.63) is 86.4 Å². The monoisotopic (exact) mass is 355 g/mol. The lowest BCUT2D eigenvalue weighted by Gasteiger charge is -2.07. The van der Waals surface area contributed by atoms with E-state index >= 15 is 0 Å². The smallest absolute Gasteiger partial charge is 0.277 e. The first kappa shape index (κ1) is 15.6. The third kappa shape index (κ3) is 2.25. The number of aromatic nitrogens is 3. The molecule has 2 heterocycles. The van der Waals surface area contributed by atoms with E-state index in [1.165, 1.54) is 15.8 Å². The van der Waals surface area contributed by atoms with Crippen LogP contribution in [0.5, 0.6) is 0 Å². The number of hydrogen-bond acceptors (Lipinski definition) is 2. The number of hydrogen-bond donors (Lipinski definition) is 2. The van der Waals surface area contributed by atoms with Crippen molar-refractivity contribution in [2.24, 2.45) is 0 Å². The van der Waals surface area contributed by atoms with Gasteiger partial charge < -0.3 is 4.98 Å². The lowest BCUT2D eigenvalue weighted by molar-refractivity contribution is 0.802. The molecule has 0 aliphatic heterocycles. The number of benzene rings is 3. The first-order valence-electron chi connectivity index (χ1n) is 8.80. The first-order valence-corrected chi connectivity index (χ1v) is 8.80. The van der Waals surface area contributed by atoms with E-state index in [1.54, 1.807) is 18.2 Å². The number of H-pyrrole nitrogens is 2. The van der Waals surface area contributed by atoms with Crippen molar-refractivity contribution in [3.8, 4) is 5.69 Å². The topological polar surface area (TPSA) is 70.7 Å². The van der Waals surface area contributed by atoms with Crippen LogP contribution in [0.4, 0.5) is 0 Å². The van der Waals surface area contributed by atoms with Crippen LogP contribution in [-0.2, 0) is 0 Å². The molecule has 0 saturated heterocycles. The van der Waals surface area contributed by atoms with Crippen molar-refractivity contribution >= 4 is 32.6 Å². The van der Waals surface area contributed by atoms with E-state index < -0.39 is 0 Å². The van der Waals surface area contributed by atoms with Gasteiger partial charge in [-0.1, -0.05) is 18.2 Å². The van der Waals surface area contributed by atoms with Crippen molar-refractivity contribution in [1.82, 2.24) is 14.8 Å². The second-order valence-corrected chi connectivity index (χ2v) is 6.97. The maximum atomic E-state index is 13.1. The zero-order valence-electron chi connectivity index (χ0n) is 15.0. The molecular formula is C22H17N3O2.